The number of nitrogens with zero attached hydrogens (tertiary/aromatic N) is 4. The number of aliphatic hydroxyl groups is 2. The molecule has 0 aromatic carbocycles. The van der Waals surface area contributed by atoms with Crippen LogP contribution in [0.5, 0.6) is 0 Å². The van der Waals surface area contributed by atoms with Crippen molar-refractivity contribution in [1.82, 2.24) is 19.5 Å². The fraction of sp³-hybridized carbons (Fsp3) is 0.500. The maximum absolute atomic E-state index is 11.1. The topological polar surface area (TPSA) is 172 Å². The molecule has 11 heteroatoms. The molecule has 23 heavy (non-hydrogen) atoms. The van der Waals surface area contributed by atoms with Crippen LogP contribution in [0.15, 0.2) is 12.7 Å². The number of hydrogen-bond donors (Lipinski definition) is 4. The van der Waals surface area contributed by atoms with Crippen molar-refractivity contribution in [3.63, 3.8) is 0 Å². The van der Waals surface area contributed by atoms with Crippen molar-refractivity contribution in [1.29, 1.82) is 0 Å². The molecular formula is C12H16N6O5. The number of aromatic nitrogens is 4. The summed E-state index contributed by atoms with van der Waals surface area (Å²) in [5.41, 5.74) is 11.6. The zero-order chi connectivity index (χ0) is 16.6. The smallest absolute Gasteiger partial charge is 0.319 e. The maximum Gasteiger partial charge on any atom is 0.319 e. The second-order valence-corrected chi connectivity index (χ2v) is 5.02. The van der Waals surface area contributed by atoms with E-state index in [0.717, 1.165) is 0 Å². The van der Waals surface area contributed by atoms with Gasteiger partial charge in [-0.25, -0.2) is 15.0 Å². The van der Waals surface area contributed by atoms with Gasteiger partial charge in [0, 0.05) is 0 Å². The molecule has 3 heterocycles. The summed E-state index contributed by atoms with van der Waals surface area (Å²) in [5.74, 6) is -0.442. The summed E-state index contributed by atoms with van der Waals surface area (Å²) in [6.45, 7) is -0.508. The van der Waals surface area contributed by atoms with Crippen LogP contribution in [0.25, 0.3) is 11.2 Å². The summed E-state index contributed by atoms with van der Waals surface area (Å²) < 4.78 is 11.8. The number of esters is 1. The highest BCUT2D eigenvalue weighted by Gasteiger charge is 2.44. The second kappa shape index (κ2) is 6.04. The van der Waals surface area contributed by atoms with Crippen LogP contribution in [-0.2, 0) is 14.3 Å². The van der Waals surface area contributed by atoms with Gasteiger partial charge in [-0.15, -0.1) is 0 Å². The Morgan fingerprint density at radius 2 is 2.13 bits per heavy atom. The van der Waals surface area contributed by atoms with E-state index in [9.17, 15) is 15.0 Å². The van der Waals surface area contributed by atoms with Gasteiger partial charge in [-0.3, -0.25) is 9.36 Å². The van der Waals surface area contributed by atoms with Crippen LogP contribution in [0.4, 0.5) is 5.82 Å². The molecule has 0 amide bonds. The van der Waals surface area contributed by atoms with E-state index in [4.69, 9.17) is 20.9 Å². The van der Waals surface area contributed by atoms with E-state index >= 15 is 0 Å². The number of nitrogen functional groups attached to an aromatic ring is 1. The number of ether oxygens (including phenoxy) is 2. The molecule has 0 bridgehead atoms. The lowest BCUT2D eigenvalue weighted by Crippen LogP contribution is -2.35. The maximum atomic E-state index is 11.1. The van der Waals surface area contributed by atoms with Crippen LogP contribution in [0.2, 0.25) is 0 Å². The quantitative estimate of drug-likeness (QED) is 0.441. The molecule has 0 saturated carbocycles. The number of anilines is 1. The normalized spacial score (nSPS) is 27.4. The van der Waals surface area contributed by atoms with Crippen molar-refractivity contribution in [2.75, 3.05) is 18.9 Å². The van der Waals surface area contributed by atoms with E-state index in [1.165, 1.54) is 17.2 Å². The van der Waals surface area contributed by atoms with Crippen molar-refractivity contribution in [2.24, 2.45) is 5.73 Å². The summed E-state index contributed by atoms with van der Waals surface area (Å²) in [7, 11) is 0. The predicted octanol–water partition coefficient (Wildman–Crippen LogP) is -2.47. The van der Waals surface area contributed by atoms with E-state index < -0.39 is 30.5 Å². The molecule has 3 rings (SSSR count). The van der Waals surface area contributed by atoms with Gasteiger partial charge < -0.3 is 31.2 Å². The van der Waals surface area contributed by atoms with Gasteiger partial charge in [-0.1, -0.05) is 0 Å². The van der Waals surface area contributed by atoms with Crippen molar-refractivity contribution in [3.05, 3.63) is 12.7 Å². The molecule has 124 valence electrons. The molecule has 11 nitrogen and oxygen atoms in total. The molecule has 0 aliphatic carbocycles. The van der Waals surface area contributed by atoms with E-state index in [1.54, 1.807) is 0 Å². The van der Waals surface area contributed by atoms with Gasteiger partial charge in [-0.05, 0) is 0 Å². The number of imidazole rings is 1. The molecule has 2 aromatic rings. The number of carbonyl (C=O) groups is 1. The van der Waals surface area contributed by atoms with Crippen LogP contribution in [-0.4, -0.2) is 67.2 Å². The van der Waals surface area contributed by atoms with Crippen LogP contribution in [0, 0.1) is 0 Å². The number of rotatable bonds is 4. The molecule has 1 aliphatic rings. The summed E-state index contributed by atoms with van der Waals surface area (Å²) in [5, 5.41) is 20.2. The molecule has 2 aromatic heterocycles. The van der Waals surface area contributed by atoms with E-state index in [-0.39, 0.29) is 19.0 Å². The van der Waals surface area contributed by atoms with Crippen LogP contribution in [0.1, 0.15) is 6.23 Å². The Kier molecular flexibility index (Phi) is 4.09. The number of aliphatic hydroxyl groups excluding tert-OH is 2. The Morgan fingerprint density at radius 1 is 1.35 bits per heavy atom. The van der Waals surface area contributed by atoms with Gasteiger partial charge in [0.05, 0.1) is 12.9 Å². The fourth-order valence-electron chi connectivity index (χ4n) is 2.39. The minimum Gasteiger partial charge on any atom is -0.462 e. The highest BCUT2D eigenvalue weighted by molar-refractivity contribution is 5.81. The summed E-state index contributed by atoms with van der Waals surface area (Å²) in [6, 6.07) is 0. The Morgan fingerprint density at radius 3 is 2.87 bits per heavy atom. The minimum atomic E-state index is -1.26. The lowest BCUT2D eigenvalue weighted by Gasteiger charge is -2.16. The number of hydrogen-bond acceptors (Lipinski definition) is 10. The van der Waals surface area contributed by atoms with Crippen molar-refractivity contribution in [3.8, 4) is 0 Å². The van der Waals surface area contributed by atoms with Gasteiger partial charge in [0.1, 0.15) is 36.8 Å². The molecule has 6 N–H and O–H groups in total. The van der Waals surface area contributed by atoms with Crippen LogP contribution < -0.4 is 11.5 Å². The zero-order valence-electron chi connectivity index (χ0n) is 11.9. The minimum absolute atomic E-state index is 0.190. The largest absolute Gasteiger partial charge is 0.462 e. The molecule has 0 radical (unpaired) electrons. The lowest BCUT2D eigenvalue weighted by atomic mass is 10.1. The van der Waals surface area contributed by atoms with E-state index in [2.05, 4.69) is 15.0 Å². The molecule has 0 unspecified atom stereocenters. The van der Waals surface area contributed by atoms with E-state index in [0.29, 0.717) is 11.2 Å². The molecule has 1 fully saturated rings. The molecule has 1 saturated heterocycles. The van der Waals surface area contributed by atoms with Gasteiger partial charge in [0.25, 0.3) is 0 Å². The Balaban J connectivity index is 1.82. The molecule has 0 spiro atoms. The average Bonchev–Trinajstić information content (AvgIpc) is 3.09. The Bertz CT molecular complexity index is 721. The van der Waals surface area contributed by atoms with E-state index in [1.807, 2.05) is 0 Å². The van der Waals surface area contributed by atoms with Crippen molar-refractivity contribution < 1.29 is 24.5 Å². The first-order valence-electron chi connectivity index (χ1n) is 6.83. The van der Waals surface area contributed by atoms with Crippen LogP contribution >= 0.6 is 0 Å². The molecule has 1 aliphatic heterocycles. The van der Waals surface area contributed by atoms with Crippen LogP contribution in [0.3, 0.4) is 0 Å². The van der Waals surface area contributed by atoms with Gasteiger partial charge >= 0.3 is 5.97 Å². The highest BCUT2D eigenvalue weighted by atomic mass is 16.6. The Hall–Kier alpha value is -2.34. The fourth-order valence-corrected chi connectivity index (χ4v) is 2.39. The third-order valence-electron chi connectivity index (χ3n) is 3.57. The molecule has 4 atom stereocenters. The third kappa shape index (κ3) is 2.70. The highest BCUT2D eigenvalue weighted by Crippen LogP contribution is 2.32. The Labute approximate surface area is 129 Å². The standard InChI is InChI=1S/C12H16N6O5/c13-1-6(19)22-2-5-8(20)9(21)12(23-5)18-4-17-7-10(14)15-3-16-11(7)18/h3-5,8-9,12,20-21H,1-2,13H2,(H2,14,15,16)/t5-,8+,9-,12-/m1/s1. The summed E-state index contributed by atoms with van der Waals surface area (Å²) in [6.07, 6.45) is -1.72. The SMILES string of the molecule is NCC(=O)OC[C@H]1O[C@@H](n2cnc3c(N)ncnc32)[C@H](O)[C@H]1O. The zero-order valence-corrected chi connectivity index (χ0v) is 11.9. The van der Waals surface area contributed by atoms with Gasteiger partial charge in [0.15, 0.2) is 17.7 Å². The first-order chi connectivity index (χ1) is 11.0. The number of carbonyl (C=O) groups excluding carboxylic acids is 1. The summed E-state index contributed by atoms with van der Waals surface area (Å²) in [4.78, 5) is 23.0. The lowest BCUT2D eigenvalue weighted by molar-refractivity contribution is -0.148. The second-order valence-electron chi connectivity index (χ2n) is 5.02. The summed E-state index contributed by atoms with van der Waals surface area (Å²) >= 11 is 0. The first kappa shape index (κ1) is 15.6. The number of nitrogens with two attached hydrogens (primary N) is 2. The van der Waals surface area contributed by atoms with Crippen molar-refractivity contribution >= 4 is 23.0 Å². The van der Waals surface area contributed by atoms with Crippen molar-refractivity contribution in [2.45, 2.75) is 24.5 Å². The molecular weight excluding hydrogens is 308 g/mol. The number of fused-ring (bicyclic) bond motifs is 1. The third-order valence-corrected chi connectivity index (χ3v) is 3.57. The monoisotopic (exact) mass is 324 g/mol. The van der Waals surface area contributed by atoms with Gasteiger partial charge in [0.2, 0.25) is 0 Å². The first-order valence-corrected chi connectivity index (χ1v) is 6.83. The van der Waals surface area contributed by atoms with Gasteiger partial charge in [-0.2, -0.15) is 0 Å². The predicted molar refractivity (Wildman–Crippen MR) is 75.7 cm³/mol. The average molecular weight is 324 g/mol.